The van der Waals surface area contributed by atoms with Gasteiger partial charge in [-0.3, -0.25) is 14.4 Å². The molecule has 1 N–H and O–H groups in total. The number of aryl methyl sites for hydroxylation is 1. The van der Waals surface area contributed by atoms with Gasteiger partial charge < -0.3 is 4.90 Å². The van der Waals surface area contributed by atoms with E-state index in [1.807, 2.05) is 49.1 Å². The summed E-state index contributed by atoms with van der Waals surface area (Å²) in [6, 6.07) is 22.1. The van der Waals surface area contributed by atoms with E-state index in [1.165, 1.54) is 17.7 Å². The molecule has 3 aromatic rings. The summed E-state index contributed by atoms with van der Waals surface area (Å²) in [5, 5.41) is 0. The second-order valence-corrected chi connectivity index (χ2v) is 10.5. The van der Waals surface area contributed by atoms with Crippen molar-refractivity contribution in [3.05, 3.63) is 95.1 Å². The summed E-state index contributed by atoms with van der Waals surface area (Å²) in [4.78, 5) is 17.5. The van der Waals surface area contributed by atoms with E-state index in [9.17, 15) is 13.2 Å². The molecule has 1 aliphatic heterocycles. The zero-order chi connectivity index (χ0) is 24.1. The number of anilines is 1. The van der Waals surface area contributed by atoms with Crippen LogP contribution >= 0.6 is 0 Å². The summed E-state index contributed by atoms with van der Waals surface area (Å²) in [6.07, 6.45) is 0.908. The first-order valence-electron chi connectivity index (χ1n) is 11.6. The predicted molar refractivity (Wildman–Crippen MR) is 135 cm³/mol. The summed E-state index contributed by atoms with van der Waals surface area (Å²) in [7, 11) is -3.74. The summed E-state index contributed by atoms with van der Waals surface area (Å²) < 4.78 is 28.4. The maximum Gasteiger partial charge on any atom is 0.261 e. The van der Waals surface area contributed by atoms with Gasteiger partial charge in [0.05, 0.1) is 10.6 Å². The lowest BCUT2D eigenvalue weighted by Crippen LogP contribution is -2.35. The van der Waals surface area contributed by atoms with Crippen LogP contribution in [0.25, 0.3) is 0 Å². The fourth-order valence-electron chi connectivity index (χ4n) is 4.20. The number of nitrogens with zero attached hydrogens (tertiary/aromatic N) is 2. The Labute approximate surface area is 202 Å². The highest BCUT2D eigenvalue weighted by molar-refractivity contribution is 7.92. The average Bonchev–Trinajstić information content (AvgIpc) is 3.08. The summed E-state index contributed by atoms with van der Waals surface area (Å²) >= 11 is 0. The molecule has 1 fully saturated rings. The lowest BCUT2D eigenvalue weighted by molar-refractivity contribution is 0.0761. The van der Waals surface area contributed by atoms with E-state index in [1.54, 1.807) is 18.2 Å². The van der Waals surface area contributed by atoms with Crippen LogP contribution < -0.4 is 4.72 Å². The highest BCUT2D eigenvalue weighted by atomic mass is 32.2. The van der Waals surface area contributed by atoms with E-state index in [4.69, 9.17) is 0 Å². The molecule has 3 aromatic carbocycles. The van der Waals surface area contributed by atoms with Crippen molar-refractivity contribution in [2.24, 2.45) is 0 Å². The van der Waals surface area contributed by atoms with Crippen molar-refractivity contribution in [3.8, 4) is 0 Å². The van der Waals surface area contributed by atoms with E-state index in [-0.39, 0.29) is 10.8 Å². The highest BCUT2D eigenvalue weighted by Gasteiger charge is 2.22. The van der Waals surface area contributed by atoms with Gasteiger partial charge in [-0.25, -0.2) is 8.42 Å². The Morgan fingerprint density at radius 3 is 2.32 bits per heavy atom. The molecular formula is C27H31N3O3S. The molecule has 0 saturated carbocycles. The van der Waals surface area contributed by atoms with Gasteiger partial charge in [-0.1, -0.05) is 42.5 Å². The van der Waals surface area contributed by atoms with Crippen LogP contribution in [0.4, 0.5) is 5.69 Å². The molecule has 0 atom stereocenters. The van der Waals surface area contributed by atoms with Gasteiger partial charge in [-0.05, 0) is 67.3 Å². The summed E-state index contributed by atoms with van der Waals surface area (Å²) in [5.74, 6) is -0.0620. The van der Waals surface area contributed by atoms with Crippen LogP contribution in [-0.2, 0) is 16.6 Å². The molecule has 0 aliphatic carbocycles. The standard InChI is InChI=1S/C27H31N3O3S/c1-21-8-6-11-26(22(21)2)28-34(32,33)25-14-12-24(13-15-25)27(31)30-17-7-16-29(18-19-30)20-23-9-4-3-5-10-23/h3-6,8-15,28H,7,16-20H2,1-2H3. The quantitative estimate of drug-likeness (QED) is 0.569. The van der Waals surface area contributed by atoms with Gasteiger partial charge in [0.1, 0.15) is 0 Å². The second-order valence-electron chi connectivity index (χ2n) is 8.78. The largest absolute Gasteiger partial charge is 0.337 e. The number of carbonyl (C=O) groups excluding carboxylic acids is 1. The average molecular weight is 478 g/mol. The van der Waals surface area contributed by atoms with Gasteiger partial charge in [-0.15, -0.1) is 0 Å². The number of nitrogens with one attached hydrogen (secondary N) is 1. The lowest BCUT2D eigenvalue weighted by atomic mass is 10.1. The maximum atomic E-state index is 13.1. The number of hydrogen-bond acceptors (Lipinski definition) is 4. The Kier molecular flexibility index (Phi) is 7.34. The van der Waals surface area contributed by atoms with Crippen molar-refractivity contribution in [2.45, 2.75) is 31.7 Å². The molecular weight excluding hydrogens is 446 g/mol. The normalized spacial score (nSPS) is 15.1. The van der Waals surface area contributed by atoms with E-state index < -0.39 is 10.0 Å². The van der Waals surface area contributed by atoms with Crippen LogP contribution in [0, 0.1) is 13.8 Å². The third kappa shape index (κ3) is 5.66. The van der Waals surface area contributed by atoms with Crippen LogP contribution in [0.15, 0.2) is 77.7 Å². The first-order valence-corrected chi connectivity index (χ1v) is 13.1. The van der Waals surface area contributed by atoms with Crippen molar-refractivity contribution in [1.82, 2.24) is 9.80 Å². The van der Waals surface area contributed by atoms with Gasteiger partial charge in [0.15, 0.2) is 0 Å². The highest BCUT2D eigenvalue weighted by Crippen LogP contribution is 2.22. The van der Waals surface area contributed by atoms with E-state index in [2.05, 4.69) is 21.8 Å². The molecule has 178 valence electrons. The van der Waals surface area contributed by atoms with Crippen LogP contribution in [0.3, 0.4) is 0 Å². The molecule has 1 aliphatic rings. The molecule has 0 bridgehead atoms. The molecule has 1 heterocycles. The molecule has 34 heavy (non-hydrogen) atoms. The van der Waals surface area contributed by atoms with Crippen LogP contribution in [0.1, 0.15) is 33.5 Å². The topological polar surface area (TPSA) is 69.7 Å². The molecule has 0 aromatic heterocycles. The Balaban J connectivity index is 1.40. The van der Waals surface area contributed by atoms with E-state index >= 15 is 0 Å². The van der Waals surface area contributed by atoms with Gasteiger partial charge in [0, 0.05) is 38.3 Å². The lowest BCUT2D eigenvalue weighted by Gasteiger charge is -2.22. The zero-order valence-electron chi connectivity index (χ0n) is 19.7. The number of carbonyl (C=O) groups is 1. The number of amides is 1. The number of benzene rings is 3. The van der Waals surface area contributed by atoms with Crippen molar-refractivity contribution in [1.29, 1.82) is 0 Å². The maximum absolute atomic E-state index is 13.1. The van der Waals surface area contributed by atoms with Crippen molar-refractivity contribution in [3.63, 3.8) is 0 Å². The first-order chi connectivity index (χ1) is 16.3. The smallest absolute Gasteiger partial charge is 0.261 e. The minimum Gasteiger partial charge on any atom is -0.337 e. The molecule has 0 radical (unpaired) electrons. The van der Waals surface area contributed by atoms with Crippen molar-refractivity contribution < 1.29 is 13.2 Å². The fraction of sp³-hybridized carbons (Fsp3) is 0.296. The van der Waals surface area contributed by atoms with E-state index in [0.717, 1.165) is 37.2 Å². The Bertz CT molecular complexity index is 1240. The van der Waals surface area contributed by atoms with Gasteiger partial charge in [-0.2, -0.15) is 0 Å². The predicted octanol–water partition coefficient (Wildman–Crippen LogP) is 4.45. The Morgan fingerprint density at radius 1 is 0.853 bits per heavy atom. The molecule has 0 unspecified atom stereocenters. The Morgan fingerprint density at radius 2 is 1.59 bits per heavy atom. The fourth-order valence-corrected chi connectivity index (χ4v) is 5.32. The number of sulfonamides is 1. The van der Waals surface area contributed by atoms with E-state index in [0.29, 0.717) is 24.3 Å². The van der Waals surface area contributed by atoms with Gasteiger partial charge in [0.2, 0.25) is 0 Å². The summed E-state index contributed by atoms with van der Waals surface area (Å²) in [6.45, 7) is 7.81. The van der Waals surface area contributed by atoms with Gasteiger partial charge >= 0.3 is 0 Å². The van der Waals surface area contributed by atoms with Crippen molar-refractivity contribution in [2.75, 3.05) is 30.9 Å². The van der Waals surface area contributed by atoms with Crippen LogP contribution in [-0.4, -0.2) is 50.3 Å². The van der Waals surface area contributed by atoms with Crippen LogP contribution in [0.5, 0.6) is 0 Å². The minimum atomic E-state index is -3.74. The molecule has 7 heteroatoms. The number of rotatable bonds is 6. The molecule has 0 spiro atoms. The minimum absolute atomic E-state index is 0.0620. The SMILES string of the molecule is Cc1cccc(NS(=O)(=O)c2ccc(C(=O)N3CCCN(Cc4ccccc4)CC3)cc2)c1C. The van der Waals surface area contributed by atoms with Gasteiger partial charge in [0.25, 0.3) is 15.9 Å². The molecule has 1 saturated heterocycles. The van der Waals surface area contributed by atoms with Crippen LogP contribution in [0.2, 0.25) is 0 Å². The third-order valence-corrected chi connectivity index (χ3v) is 7.77. The summed E-state index contributed by atoms with van der Waals surface area (Å²) in [5.41, 5.74) is 4.24. The zero-order valence-corrected chi connectivity index (χ0v) is 20.5. The van der Waals surface area contributed by atoms with Crippen molar-refractivity contribution >= 4 is 21.6 Å². The monoisotopic (exact) mass is 477 g/mol. The second kappa shape index (κ2) is 10.4. The molecule has 4 rings (SSSR count). The first kappa shape index (κ1) is 24.0. The molecule has 6 nitrogen and oxygen atoms in total. The molecule has 1 amide bonds. The number of hydrogen-bond donors (Lipinski definition) is 1. The third-order valence-electron chi connectivity index (χ3n) is 6.39. The Hall–Kier alpha value is -3.16.